The molecule has 5 aliphatic rings. The number of carboxylic acid groups (broad SMARTS) is 1. The third kappa shape index (κ3) is 2.66. The molecule has 7 heteroatoms. The molecular formula is C20H26FN3O3. The monoisotopic (exact) mass is 375 g/mol. The molecule has 3 N–H and O–H groups in total. The first-order chi connectivity index (χ1) is 12.9. The Bertz CT molecular complexity index is 757. The molecule has 3 unspecified atom stereocenters. The third-order valence-corrected chi connectivity index (χ3v) is 7.12. The van der Waals surface area contributed by atoms with Gasteiger partial charge in [0.25, 0.3) is 0 Å². The maximum Gasteiger partial charge on any atom is 0.407 e. The van der Waals surface area contributed by atoms with Gasteiger partial charge in [0.2, 0.25) is 0 Å². The van der Waals surface area contributed by atoms with Gasteiger partial charge in [-0.2, -0.15) is 0 Å². The van der Waals surface area contributed by atoms with E-state index in [9.17, 15) is 14.3 Å². The summed E-state index contributed by atoms with van der Waals surface area (Å²) in [7, 11) is 0. The second-order valence-electron chi connectivity index (χ2n) is 8.68. The smallest absolute Gasteiger partial charge is 0.407 e. The van der Waals surface area contributed by atoms with E-state index in [1.807, 2.05) is 0 Å². The van der Waals surface area contributed by atoms with Crippen LogP contribution < -0.4 is 10.6 Å². The second kappa shape index (κ2) is 5.99. The van der Waals surface area contributed by atoms with E-state index in [4.69, 9.17) is 10.5 Å². The zero-order valence-corrected chi connectivity index (χ0v) is 15.3. The zero-order valence-electron chi connectivity index (χ0n) is 15.3. The molecule has 0 radical (unpaired) electrons. The molecule has 4 bridgehead atoms. The number of piperidine rings is 3. The summed E-state index contributed by atoms with van der Waals surface area (Å²) >= 11 is 0. The molecule has 0 aromatic heterocycles. The standard InChI is InChI=1S/C20H26FN3O3/c21-17-6-13(22)3-4-18(17)23-5-1-2-12(11-23)20-9-14-7-16(27-20)8-15(10-20)24(14)19(25)26/h3-4,6,12,14-16H,1-2,5,7-11,22H2,(H,25,26). The molecule has 27 heavy (non-hydrogen) atoms. The van der Waals surface area contributed by atoms with E-state index in [1.165, 1.54) is 6.07 Å². The molecule has 0 aliphatic carbocycles. The fraction of sp³-hybridized carbons (Fsp3) is 0.650. The van der Waals surface area contributed by atoms with Gasteiger partial charge in [-0.1, -0.05) is 0 Å². The number of nitrogens with zero attached hydrogens (tertiary/aromatic N) is 2. The van der Waals surface area contributed by atoms with Gasteiger partial charge in [-0.05, 0) is 56.7 Å². The highest BCUT2D eigenvalue weighted by Gasteiger charge is 2.59. The van der Waals surface area contributed by atoms with Gasteiger partial charge in [0, 0.05) is 36.8 Å². The first kappa shape index (κ1) is 17.1. The fourth-order valence-electron chi connectivity index (χ4n) is 6.14. The van der Waals surface area contributed by atoms with Crippen molar-refractivity contribution in [2.45, 2.75) is 62.3 Å². The summed E-state index contributed by atoms with van der Waals surface area (Å²) in [5.41, 5.74) is 6.47. The lowest BCUT2D eigenvalue weighted by atomic mass is 9.64. The number of halogens is 1. The van der Waals surface area contributed by atoms with Gasteiger partial charge < -0.3 is 25.4 Å². The number of benzene rings is 1. The summed E-state index contributed by atoms with van der Waals surface area (Å²) in [5.74, 6) is 0.0198. The highest BCUT2D eigenvalue weighted by atomic mass is 19.1. The van der Waals surface area contributed by atoms with Crippen molar-refractivity contribution in [2.75, 3.05) is 23.7 Å². The Hall–Kier alpha value is -2.02. The van der Waals surface area contributed by atoms with E-state index < -0.39 is 6.09 Å². The van der Waals surface area contributed by atoms with Crippen LogP contribution in [-0.2, 0) is 4.74 Å². The number of amides is 1. The highest BCUT2D eigenvalue weighted by molar-refractivity contribution is 5.66. The van der Waals surface area contributed by atoms with Crippen LogP contribution in [0.2, 0.25) is 0 Å². The van der Waals surface area contributed by atoms with Crippen LogP contribution in [0.5, 0.6) is 0 Å². The topological polar surface area (TPSA) is 79.0 Å². The summed E-state index contributed by atoms with van der Waals surface area (Å²) < 4.78 is 21.0. The number of hydrogen-bond donors (Lipinski definition) is 2. The van der Waals surface area contributed by atoms with Crippen molar-refractivity contribution in [3.63, 3.8) is 0 Å². The lowest BCUT2D eigenvalue weighted by molar-refractivity contribution is -0.251. The molecule has 1 aromatic carbocycles. The molecule has 1 aromatic rings. The second-order valence-corrected chi connectivity index (χ2v) is 8.68. The van der Waals surface area contributed by atoms with E-state index >= 15 is 0 Å². The van der Waals surface area contributed by atoms with E-state index in [0.717, 1.165) is 51.6 Å². The van der Waals surface area contributed by atoms with Gasteiger partial charge >= 0.3 is 6.09 Å². The number of ether oxygens (including phenoxy) is 1. The molecule has 5 heterocycles. The molecule has 146 valence electrons. The summed E-state index contributed by atoms with van der Waals surface area (Å²) in [5, 5.41) is 9.61. The van der Waals surface area contributed by atoms with Gasteiger partial charge in [0.15, 0.2) is 0 Å². The Morgan fingerprint density at radius 2 is 2.04 bits per heavy atom. The van der Waals surface area contributed by atoms with Gasteiger partial charge in [0.1, 0.15) is 5.82 Å². The van der Waals surface area contributed by atoms with Crippen LogP contribution in [-0.4, -0.2) is 53.0 Å². The van der Waals surface area contributed by atoms with Crippen LogP contribution in [0, 0.1) is 11.7 Å². The molecule has 5 fully saturated rings. The highest BCUT2D eigenvalue weighted by Crippen LogP contribution is 2.53. The number of hydrogen-bond acceptors (Lipinski definition) is 4. The average molecular weight is 375 g/mol. The van der Waals surface area contributed by atoms with Crippen molar-refractivity contribution in [1.82, 2.24) is 4.90 Å². The first-order valence-corrected chi connectivity index (χ1v) is 9.94. The lowest BCUT2D eigenvalue weighted by Gasteiger charge is -2.63. The Morgan fingerprint density at radius 1 is 1.30 bits per heavy atom. The van der Waals surface area contributed by atoms with Crippen LogP contribution in [0.25, 0.3) is 0 Å². The number of carbonyl (C=O) groups is 1. The van der Waals surface area contributed by atoms with Crippen molar-refractivity contribution in [3.05, 3.63) is 24.0 Å². The Balaban J connectivity index is 1.39. The number of nitrogens with two attached hydrogens (primary N) is 1. The molecule has 0 saturated carbocycles. The van der Waals surface area contributed by atoms with Crippen molar-refractivity contribution in [3.8, 4) is 0 Å². The molecule has 6 rings (SSSR count). The normalized spacial score (nSPS) is 37.7. The van der Waals surface area contributed by atoms with E-state index in [-0.39, 0.29) is 29.6 Å². The van der Waals surface area contributed by atoms with Crippen LogP contribution in [0.4, 0.5) is 20.6 Å². The Labute approximate surface area is 158 Å². The summed E-state index contributed by atoms with van der Waals surface area (Å²) in [4.78, 5) is 15.5. The maximum atomic E-state index is 14.4. The molecule has 6 nitrogen and oxygen atoms in total. The number of nitrogen functional groups attached to an aromatic ring is 1. The fourth-order valence-corrected chi connectivity index (χ4v) is 6.14. The van der Waals surface area contributed by atoms with Crippen LogP contribution in [0.3, 0.4) is 0 Å². The van der Waals surface area contributed by atoms with Gasteiger partial charge in [-0.3, -0.25) is 0 Å². The molecule has 3 atom stereocenters. The van der Waals surface area contributed by atoms with Crippen molar-refractivity contribution in [2.24, 2.45) is 5.92 Å². The Kier molecular flexibility index (Phi) is 3.79. The minimum atomic E-state index is -0.798. The minimum absolute atomic E-state index is 0.0670. The van der Waals surface area contributed by atoms with E-state index in [1.54, 1.807) is 17.0 Å². The van der Waals surface area contributed by atoms with Gasteiger partial charge in [-0.25, -0.2) is 9.18 Å². The van der Waals surface area contributed by atoms with Crippen LogP contribution in [0.15, 0.2) is 18.2 Å². The average Bonchev–Trinajstić information content (AvgIpc) is 2.60. The molecule has 1 amide bonds. The maximum absolute atomic E-state index is 14.4. The van der Waals surface area contributed by atoms with Crippen molar-refractivity contribution >= 4 is 17.5 Å². The van der Waals surface area contributed by atoms with E-state index in [0.29, 0.717) is 17.3 Å². The van der Waals surface area contributed by atoms with E-state index in [2.05, 4.69) is 4.90 Å². The third-order valence-electron chi connectivity index (χ3n) is 7.12. The predicted molar refractivity (Wildman–Crippen MR) is 99.3 cm³/mol. The summed E-state index contributed by atoms with van der Waals surface area (Å²) in [6, 6.07) is 5.02. The largest absolute Gasteiger partial charge is 0.465 e. The van der Waals surface area contributed by atoms with Crippen molar-refractivity contribution < 1.29 is 19.0 Å². The summed E-state index contributed by atoms with van der Waals surface area (Å²) in [6.07, 6.45) is 4.58. The summed E-state index contributed by atoms with van der Waals surface area (Å²) in [6.45, 7) is 1.57. The first-order valence-electron chi connectivity index (χ1n) is 9.94. The molecule has 0 spiro atoms. The Morgan fingerprint density at radius 3 is 2.70 bits per heavy atom. The van der Waals surface area contributed by atoms with Gasteiger partial charge in [0.05, 0.1) is 17.4 Å². The minimum Gasteiger partial charge on any atom is -0.465 e. The van der Waals surface area contributed by atoms with Gasteiger partial charge in [-0.15, -0.1) is 0 Å². The quantitative estimate of drug-likeness (QED) is 0.777. The molecule has 5 aliphatic heterocycles. The van der Waals surface area contributed by atoms with Crippen LogP contribution >= 0.6 is 0 Å². The predicted octanol–water partition coefficient (Wildman–Crippen LogP) is 3.07. The van der Waals surface area contributed by atoms with Crippen molar-refractivity contribution in [1.29, 1.82) is 0 Å². The molecular weight excluding hydrogens is 349 g/mol. The lowest BCUT2D eigenvalue weighted by Crippen LogP contribution is -2.70. The SMILES string of the molecule is Nc1ccc(N2CCCC(C34CC5CC(CC(C3)N5C(=O)O)O4)C2)c(F)c1. The van der Waals surface area contributed by atoms with Crippen LogP contribution in [0.1, 0.15) is 38.5 Å². The molecule has 5 saturated heterocycles. The number of rotatable bonds is 2. The number of anilines is 2. The zero-order chi connectivity index (χ0) is 18.8.